The molecule has 0 radical (unpaired) electrons. The van der Waals surface area contributed by atoms with E-state index in [2.05, 4.69) is 15.3 Å². The van der Waals surface area contributed by atoms with Gasteiger partial charge in [-0.3, -0.25) is 14.6 Å². The zero-order valence-electron chi connectivity index (χ0n) is 14.0. The molecule has 3 rings (SSSR count). The molecule has 0 bridgehead atoms. The Morgan fingerprint density at radius 3 is 2.65 bits per heavy atom. The summed E-state index contributed by atoms with van der Waals surface area (Å²) in [6, 6.07) is 10.7. The lowest BCUT2D eigenvalue weighted by Crippen LogP contribution is -2.34. The Bertz CT molecular complexity index is 960. The van der Waals surface area contributed by atoms with Crippen molar-refractivity contribution < 1.29 is 4.79 Å². The number of carbonyl (C=O) groups excluding carboxylic acids is 1. The molecule has 2 heterocycles. The van der Waals surface area contributed by atoms with E-state index in [9.17, 15) is 14.4 Å². The smallest absolute Gasteiger partial charge is 0.328 e. The van der Waals surface area contributed by atoms with Crippen LogP contribution in [0, 0.1) is 0 Å². The van der Waals surface area contributed by atoms with Crippen LogP contribution in [-0.2, 0) is 17.9 Å². The number of H-pyrrole nitrogens is 1. The van der Waals surface area contributed by atoms with Crippen LogP contribution >= 0.6 is 0 Å². The number of aromatic nitrogens is 4. The Morgan fingerprint density at radius 2 is 1.96 bits per heavy atom. The van der Waals surface area contributed by atoms with Crippen LogP contribution < -0.4 is 16.6 Å². The lowest BCUT2D eigenvalue weighted by Gasteiger charge is -2.20. The highest BCUT2D eigenvalue weighted by atomic mass is 16.2. The van der Waals surface area contributed by atoms with E-state index < -0.39 is 11.2 Å². The summed E-state index contributed by atoms with van der Waals surface area (Å²) in [7, 11) is 0. The number of aromatic amines is 1. The van der Waals surface area contributed by atoms with Gasteiger partial charge in [0, 0.05) is 44.2 Å². The Balaban J connectivity index is 1.66. The monoisotopic (exact) mass is 353 g/mol. The molecular formula is C18H19N5O3. The van der Waals surface area contributed by atoms with E-state index in [-0.39, 0.29) is 24.9 Å². The van der Waals surface area contributed by atoms with Crippen molar-refractivity contribution in [3.63, 3.8) is 0 Å². The molecule has 8 heteroatoms. The molecule has 0 fully saturated rings. The van der Waals surface area contributed by atoms with Crippen molar-refractivity contribution >= 4 is 5.91 Å². The molecule has 1 amide bonds. The summed E-state index contributed by atoms with van der Waals surface area (Å²) in [4.78, 5) is 41.3. The van der Waals surface area contributed by atoms with Crippen molar-refractivity contribution in [2.75, 3.05) is 0 Å². The predicted molar refractivity (Wildman–Crippen MR) is 95.5 cm³/mol. The molecule has 134 valence electrons. The van der Waals surface area contributed by atoms with Crippen LogP contribution in [-0.4, -0.2) is 25.0 Å². The molecule has 1 atom stereocenters. The van der Waals surface area contributed by atoms with Crippen molar-refractivity contribution in [1.82, 2.24) is 24.4 Å². The van der Waals surface area contributed by atoms with Crippen LogP contribution in [0.3, 0.4) is 0 Å². The maximum absolute atomic E-state index is 12.4. The molecule has 8 nitrogen and oxygen atoms in total. The number of nitrogens with one attached hydrogen (secondary N) is 2. The topological polar surface area (TPSA) is 102 Å². The second-order valence-corrected chi connectivity index (χ2v) is 5.84. The lowest BCUT2D eigenvalue weighted by atomic mass is 10.1. The second kappa shape index (κ2) is 8.11. The number of aryl methyl sites for hydroxylation is 1. The van der Waals surface area contributed by atoms with Crippen molar-refractivity contribution in [1.29, 1.82) is 0 Å². The van der Waals surface area contributed by atoms with Gasteiger partial charge < -0.3 is 14.5 Å². The van der Waals surface area contributed by atoms with Crippen LogP contribution in [0.25, 0.3) is 0 Å². The van der Waals surface area contributed by atoms with Gasteiger partial charge in [0.05, 0.1) is 12.4 Å². The van der Waals surface area contributed by atoms with Gasteiger partial charge in [-0.15, -0.1) is 0 Å². The summed E-state index contributed by atoms with van der Waals surface area (Å²) in [5, 5.41) is 3.00. The number of imidazole rings is 1. The predicted octanol–water partition coefficient (Wildman–Crippen LogP) is 0.681. The maximum Gasteiger partial charge on any atom is 0.328 e. The summed E-state index contributed by atoms with van der Waals surface area (Å²) in [6.07, 6.45) is 6.73. The van der Waals surface area contributed by atoms with Crippen molar-refractivity contribution in [3.8, 4) is 0 Å². The second-order valence-electron chi connectivity index (χ2n) is 5.84. The first-order valence-corrected chi connectivity index (χ1v) is 8.21. The third kappa shape index (κ3) is 4.56. The minimum absolute atomic E-state index is 0.124. The zero-order chi connectivity index (χ0) is 18.4. The first kappa shape index (κ1) is 17.4. The quantitative estimate of drug-likeness (QED) is 0.652. The van der Waals surface area contributed by atoms with Gasteiger partial charge >= 0.3 is 5.69 Å². The third-order valence-electron chi connectivity index (χ3n) is 3.97. The molecule has 2 aromatic heterocycles. The van der Waals surface area contributed by atoms with Gasteiger partial charge in [0.15, 0.2) is 0 Å². The number of benzene rings is 1. The molecule has 0 spiro atoms. The highest BCUT2D eigenvalue weighted by Gasteiger charge is 2.15. The molecule has 0 aliphatic rings. The summed E-state index contributed by atoms with van der Waals surface area (Å²) in [6.45, 7) is 0.738. The highest BCUT2D eigenvalue weighted by molar-refractivity contribution is 5.76. The summed E-state index contributed by atoms with van der Waals surface area (Å²) in [5.41, 5.74) is -0.000687. The molecule has 3 aromatic rings. The van der Waals surface area contributed by atoms with Gasteiger partial charge in [0.1, 0.15) is 0 Å². The average Bonchev–Trinajstić information content (AvgIpc) is 3.14. The van der Waals surface area contributed by atoms with Crippen LogP contribution in [0.15, 0.2) is 70.9 Å². The molecule has 0 aliphatic carbocycles. The molecule has 1 aromatic carbocycles. The molecule has 0 unspecified atom stereocenters. The maximum atomic E-state index is 12.4. The lowest BCUT2D eigenvalue weighted by molar-refractivity contribution is -0.122. The Hall–Kier alpha value is -3.42. The van der Waals surface area contributed by atoms with Crippen molar-refractivity contribution in [2.24, 2.45) is 0 Å². The van der Waals surface area contributed by atoms with E-state index in [1.165, 1.54) is 16.8 Å². The number of hydrogen-bond acceptors (Lipinski definition) is 4. The first-order chi connectivity index (χ1) is 12.6. The molecule has 0 saturated carbocycles. The number of carbonyl (C=O) groups is 1. The Labute approximate surface area is 149 Å². The Kier molecular flexibility index (Phi) is 5.43. The van der Waals surface area contributed by atoms with E-state index in [4.69, 9.17) is 0 Å². The van der Waals surface area contributed by atoms with E-state index in [1.807, 2.05) is 41.1 Å². The first-order valence-electron chi connectivity index (χ1n) is 8.21. The molecule has 0 aliphatic heterocycles. The summed E-state index contributed by atoms with van der Waals surface area (Å²) >= 11 is 0. The van der Waals surface area contributed by atoms with Crippen molar-refractivity contribution in [2.45, 2.75) is 25.6 Å². The molecule has 26 heavy (non-hydrogen) atoms. The minimum Gasteiger partial charge on any atom is -0.347 e. The van der Waals surface area contributed by atoms with Gasteiger partial charge in [0.25, 0.3) is 5.56 Å². The van der Waals surface area contributed by atoms with Crippen LogP contribution in [0.2, 0.25) is 0 Å². The molecule has 2 N–H and O–H groups in total. The Morgan fingerprint density at radius 1 is 1.15 bits per heavy atom. The number of hydrogen-bond donors (Lipinski definition) is 2. The highest BCUT2D eigenvalue weighted by Crippen LogP contribution is 2.15. The summed E-state index contributed by atoms with van der Waals surface area (Å²) in [5.74, 6) is -0.183. The zero-order valence-corrected chi connectivity index (χ0v) is 14.0. The van der Waals surface area contributed by atoms with Crippen molar-refractivity contribution in [3.05, 3.63) is 87.7 Å². The van der Waals surface area contributed by atoms with Gasteiger partial charge in [0.2, 0.25) is 5.91 Å². The summed E-state index contributed by atoms with van der Waals surface area (Å²) < 4.78 is 3.19. The standard InChI is InChI=1S/C18H19N5O3/c24-16(6-9-23-10-7-17(25)21-18(23)26)20-15(12-22-11-8-19-13-22)14-4-2-1-3-5-14/h1-5,7-8,10-11,13,15H,6,9,12H2,(H,20,24)(H,21,25,26)/t15-/m0/s1. The van der Waals surface area contributed by atoms with Gasteiger partial charge in [-0.05, 0) is 5.56 Å². The fraction of sp³-hybridized carbons (Fsp3) is 0.222. The van der Waals surface area contributed by atoms with Gasteiger partial charge in [-0.25, -0.2) is 9.78 Å². The van der Waals surface area contributed by atoms with Crippen LogP contribution in [0.5, 0.6) is 0 Å². The van der Waals surface area contributed by atoms with E-state index >= 15 is 0 Å². The number of amides is 1. The van der Waals surface area contributed by atoms with Crippen LogP contribution in [0.4, 0.5) is 0 Å². The van der Waals surface area contributed by atoms with Gasteiger partial charge in [-0.1, -0.05) is 30.3 Å². The average molecular weight is 353 g/mol. The van der Waals surface area contributed by atoms with E-state index in [0.29, 0.717) is 6.54 Å². The SMILES string of the molecule is O=C(CCn1ccc(=O)[nH]c1=O)N[C@@H](Cn1ccnc1)c1ccccc1. The van der Waals surface area contributed by atoms with E-state index in [1.54, 1.807) is 12.5 Å². The van der Waals surface area contributed by atoms with E-state index in [0.717, 1.165) is 5.56 Å². The fourth-order valence-electron chi connectivity index (χ4n) is 2.63. The molecule has 0 saturated heterocycles. The van der Waals surface area contributed by atoms with Crippen LogP contribution in [0.1, 0.15) is 18.0 Å². The number of rotatable bonds is 7. The number of nitrogens with zero attached hydrogens (tertiary/aromatic N) is 3. The molecular weight excluding hydrogens is 334 g/mol. The minimum atomic E-state index is -0.525. The van der Waals surface area contributed by atoms with Gasteiger partial charge in [-0.2, -0.15) is 0 Å². The normalized spacial score (nSPS) is 11.8. The fourth-order valence-corrected chi connectivity index (χ4v) is 2.63. The third-order valence-corrected chi connectivity index (χ3v) is 3.97. The largest absolute Gasteiger partial charge is 0.347 e.